The van der Waals surface area contributed by atoms with Crippen molar-refractivity contribution >= 4 is 17.3 Å². The molecule has 1 aliphatic heterocycles. The molecule has 0 atom stereocenters. The van der Waals surface area contributed by atoms with E-state index in [1.54, 1.807) is 17.0 Å². The van der Waals surface area contributed by atoms with Crippen LogP contribution in [-0.4, -0.2) is 48.6 Å². The molecule has 1 N–H and O–H groups in total. The zero-order chi connectivity index (χ0) is 17.9. The lowest BCUT2D eigenvalue weighted by Gasteiger charge is -2.27. The minimum absolute atomic E-state index is 0.0410. The van der Waals surface area contributed by atoms with Crippen molar-refractivity contribution in [3.8, 4) is 0 Å². The Labute approximate surface area is 147 Å². The highest BCUT2D eigenvalue weighted by atomic mass is 16.6. The Kier molecular flexibility index (Phi) is 5.22. The first-order valence-electron chi connectivity index (χ1n) is 8.88. The molecule has 7 nitrogen and oxygen atoms in total. The van der Waals surface area contributed by atoms with Crippen molar-refractivity contribution in [1.82, 2.24) is 4.90 Å². The second-order valence-corrected chi connectivity index (χ2v) is 7.26. The van der Waals surface area contributed by atoms with E-state index in [2.05, 4.69) is 12.2 Å². The van der Waals surface area contributed by atoms with Gasteiger partial charge in [-0.3, -0.25) is 14.9 Å². The lowest BCUT2D eigenvalue weighted by molar-refractivity contribution is -0.384. The summed E-state index contributed by atoms with van der Waals surface area (Å²) in [5, 5.41) is 14.7. The van der Waals surface area contributed by atoms with Gasteiger partial charge in [-0.05, 0) is 30.4 Å². The van der Waals surface area contributed by atoms with Crippen molar-refractivity contribution in [2.75, 3.05) is 38.2 Å². The standard InChI is InChI=1S/C18H25N3O4/c1-18(6-2-3-7-18)13-19-15-5-4-14(12-16(15)21(23)24)17(22)20-8-10-25-11-9-20/h4-5,12,19H,2-3,6-11,13H2,1H3. The highest BCUT2D eigenvalue weighted by molar-refractivity contribution is 5.95. The molecule has 2 fully saturated rings. The van der Waals surface area contributed by atoms with Gasteiger partial charge in [0.1, 0.15) is 5.69 Å². The van der Waals surface area contributed by atoms with Crippen molar-refractivity contribution < 1.29 is 14.5 Å². The van der Waals surface area contributed by atoms with Gasteiger partial charge in [0, 0.05) is 31.3 Å². The molecule has 0 unspecified atom stereocenters. The fourth-order valence-electron chi connectivity index (χ4n) is 3.63. The van der Waals surface area contributed by atoms with Crippen molar-refractivity contribution in [3.05, 3.63) is 33.9 Å². The number of amides is 1. The summed E-state index contributed by atoms with van der Waals surface area (Å²) < 4.78 is 5.24. The Morgan fingerprint density at radius 2 is 2.00 bits per heavy atom. The van der Waals surface area contributed by atoms with Crippen LogP contribution in [0.25, 0.3) is 0 Å². The molecule has 0 radical (unpaired) electrons. The number of hydrogen-bond donors (Lipinski definition) is 1. The molecule has 1 amide bonds. The normalized spacial score (nSPS) is 19.6. The van der Waals surface area contributed by atoms with Crippen LogP contribution in [-0.2, 0) is 4.74 Å². The summed E-state index contributed by atoms with van der Waals surface area (Å²) in [6, 6.07) is 4.71. The van der Waals surface area contributed by atoms with Gasteiger partial charge in [0.15, 0.2) is 0 Å². The highest BCUT2D eigenvalue weighted by Crippen LogP contribution is 2.38. The summed E-state index contributed by atoms with van der Waals surface area (Å²) in [6.07, 6.45) is 4.71. The van der Waals surface area contributed by atoms with E-state index < -0.39 is 4.92 Å². The molecule has 1 saturated heterocycles. The van der Waals surface area contributed by atoms with Gasteiger partial charge in [-0.2, -0.15) is 0 Å². The van der Waals surface area contributed by atoms with Crippen LogP contribution in [0.1, 0.15) is 43.0 Å². The lowest BCUT2D eigenvalue weighted by atomic mass is 9.89. The van der Waals surface area contributed by atoms with Gasteiger partial charge in [0.05, 0.1) is 18.1 Å². The third kappa shape index (κ3) is 4.10. The van der Waals surface area contributed by atoms with Crippen molar-refractivity contribution in [2.45, 2.75) is 32.6 Å². The van der Waals surface area contributed by atoms with Gasteiger partial charge in [0.25, 0.3) is 11.6 Å². The maximum atomic E-state index is 12.5. The second kappa shape index (κ2) is 7.39. The molecule has 3 rings (SSSR count). The second-order valence-electron chi connectivity index (χ2n) is 7.26. The quantitative estimate of drug-likeness (QED) is 0.653. The van der Waals surface area contributed by atoms with Crippen LogP contribution in [0.2, 0.25) is 0 Å². The molecule has 0 spiro atoms. The number of carbonyl (C=O) groups is 1. The van der Waals surface area contributed by atoms with Crippen molar-refractivity contribution in [1.29, 1.82) is 0 Å². The van der Waals surface area contributed by atoms with Gasteiger partial charge in [0.2, 0.25) is 0 Å². The summed E-state index contributed by atoms with van der Waals surface area (Å²) in [6.45, 7) is 4.98. The fourth-order valence-corrected chi connectivity index (χ4v) is 3.63. The van der Waals surface area contributed by atoms with Gasteiger partial charge < -0.3 is 15.0 Å². The van der Waals surface area contributed by atoms with E-state index in [1.165, 1.54) is 18.9 Å². The number of nitrogens with one attached hydrogen (secondary N) is 1. The molecule has 7 heteroatoms. The topological polar surface area (TPSA) is 84.7 Å². The van der Waals surface area contributed by atoms with Crippen LogP contribution in [0.15, 0.2) is 18.2 Å². The SMILES string of the molecule is CC1(CNc2ccc(C(=O)N3CCOCC3)cc2[N+](=O)[O-])CCCC1. The Morgan fingerprint density at radius 3 is 2.64 bits per heavy atom. The number of ether oxygens (including phenoxy) is 1. The first-order chi connectivity index (χ1) is 12.0. The van der Waals surface area contributed by atoms with Gasteiger partial charge in [-0.15, -0.1) is 0 Å². The number of rotatable bonds is 5. The lowest BCUT2D eigenvalue weighted by Crippen LogP contribution is -2.40. The van der Waals surface area contributed by atoms with E-state index in [0.29, 0.717) is 44.1 Å². The number of nitro benzene ring substituents is 1. The van der Waals surface area contributed by atoms with Gasteiger partial charge >= 0.3 is 0 Å². The van der Waals surface area contributed by atoms with Gasteiger partial charge in [-0.25, -0.2) is 0 Å². The summed E-state index contributed by atoms with van der Waals surface area (Å²) in [7, 11) is 0. The van der Waals surface area contributed by atoms with Crippen LogP contribution >= 0.6 is 0 Å². The van der Waals surface area contributed by atoms with Crippen LogP contribution in [0, 0.1) is 15.5 Å². The molecular formula is C18H25N3O4. The van der Waals surface area contributed by atoms with Crippen molar-refractivity contribution in [2.24, 2.45) is 5.41 Å². The van der Waals surface area contributed by atoms with Crippen LogP contribution < -0.4 is 5.32 Å². The minimum Gasteiger partial charge on any atom is -0.379 e. The molecular weight excluding hydrogens is 322 g/mol. The summed E-state index contributed by atoms with van der Waals surface area (Å²) in [5.74, 6) is -0.180. The largest absolute Gasteiger partial charge is 0.379 e. The smallest absolute Gasteiger partial charge is 0.293 e. The van der Waals surface area contributed by atoms with E-state index in [0.717, 1.165) is 12.8 Å². The molecule has 1 aromatic carbocycles. The third-order valence-corrected chi connectivity index (χ3v) is 5.26. The average Bonchev–Trinajstić information content (AvgIpc) is 3.07. The first kappa shape index (κ1) is 17.7. The molecule has 25 heavy (non-hydrogen) atoms. The zero-order valence-corrected chi connectivity index (χ0v) is 14.6. The van der Waals surface area contributed by atoms with E-state index in [9.17, 15) is 14.9 Å². The number of carbonyl (C=O) groups excluding carboxylic acids is 1. The van der Waals surface area contributed by atoms with Gasteiger partial charge in [-0.1, -0.05) is 19.8 Å². The molecule has 136 valence electrons. The molecule has 2 aliphatic rings. The molecule has 0 bridgehead atoms. The van der Waals surface area contributed by atoms with Crippen LogP contribution in [0.4, 0.5) is 11.4 Å². The van der Waals surface area contributed by atoms with E-state index >= 15 is 0 Å². The number of benzene rings is 1. The maximum absolute atomic E-state index is 12.5. The molecule has 1 aliphatic carbocycles. The van der Waals surface area contributed by atoms with Crippen LogP contribution in [0.5, 0.6) is 0 Å². The van der Waals surface area contributed by atoms with Crippen LogP contribution in [0.3, 0.4) is 0 Å². The first-order valence-corrected chi connectivity index (χ1v) is 8.88. The van der Waals surface area contributed by atoms with Crippen molar-refractivity contribution in [3.63, 3.8) is 0 Å². The number of morpholine rings is 1. The Bertz CT molecular complexity index is 650. The summed E-state index contributed by atoms with van der Waals surface area (Å²) >= 11 is 0. The molecule has 1 saturated carbocycles. The number of nitrogens with zero attached hydrogens (tertiary/aromatic N) is 2. The zero-order valence-electron chi connectivity index (χ0n) is 14.6. The predicted molar refractivity (Wildman–Crippen MR) is 94.9 cm³/mol. The minimum atomic E-state index is -0.421. The van der Waals surface area contributed by atoms with E-state index in [-0.39, 0.29) is 17.0 Å². The molecule has 0 aromatic heterocycles. The number of anilines is 1. The van der Waals surface area contributed by atoms with E-state index in [4.69, 9.17) is 4.74 Å². The third-order valence-electron chi connectivity index (χ3n) is 5.26. The Balaban J connectivity index is 1.75. The maximum Gasteiger partial charge on any atom is 0.293 e. The Morgan fingerprint density at radius 1 is 1.32 bits per heavy atom. The highest BCUT2D eigenvalue weighted by Gasteiger charge is 2.29. The van der Waals surface area contributed by atoms with E-state index in [1.807, 2.05) is 0 Å². The monoisotopic (exact) mass is 347 g/mol. The fraction of sp³-hybridized carbons (Fsp3) is 0.611. The molecule has 1 aromatic rings. The Hall–Kier alpha value is -2.15. The average molecular weight is 347 g/mol. The molecule has 1 heterocycles. The summed E-state index contributed by atoms with van der Waals surface area (Å²) in [4.78, 5) is 25.3. The number of hydrogen-bond acceptors (Lipinski definition) is 5. The number of nitro groups is 1. The summed E-state index contributed by atoms with van der Waals surface area (Å²) in [5.41, 5.74) is 0.986. The predicted octanol–water partition coefficient (Wildman–Crippen LogP) is 3.06.